The van der Waals surface area contributed by atoms with E-state index in [4.69, 9.17) is 0 Å². The Bertz CT molecular complexity index is 155. The summed E-state index contributed by atoms with van der Waals surface area (Å²) in [4.78, 5) is 0. The van der Waals surface area contributed by atoms with Crippen molar-refractivity contribution >= 4 is 0 Å². The second kappa shape index (κ2) is 6.94. The molecule has 0 heterocycles. The van der Waals surface area contributed by atoms with Crippen LogP contribution in [0.4, 0.5) is 0 Å². The van der Waals surface area contributed by atoms with E-state index in [-0.39, 0.29) is 0 Å². The SMILES string of the molecule is C=CCC1/C=C\CCCCCCC1. The van der Waals surface area contributed by atoms with Crippen molar-refractivity contribution in [1.82, 2.24) is 0 Å². The van der Waals surface area contributed by atoms with Crippen molar-refractivity contribution in [2.24, 2.45) is 5.92 Å². The number of hydrogen-bond donors (Lipinski definition) is 0. The Kier molecular flexibility index (Phi) is 5.64. The van der Waals surface area contributed by atoms with E-state index in [1.54, 1.807) is 0 Å². The molecule has 0 aromatic carbocycles. The lowest BCUT2D eigenvalue weighted by Crippen LogP contribution is -1.96. The van der Waals surface area contributed by atoms with Crippen molar-refractivity contribution in [3.05, 3.63) is 24.8 Å². The lowest BCUT2D eigenvalue weighted by Gasteiger charge is -2.11. The molecule has 0 saturated heterocycles. The van der Waals surface area contributed by atoms with E-state index < -0.39 is 0 Å². The summed E-state index contributed by atoms with van der Waals surface area (Å²) in [5.41, 5.74) is 0. The topological polar surface area (TPSA) is 0 Å². The van der Waals surface area contributed by atoms with Crippen LogP contribution in [0, 0.1) is 5.92 Å². The average Bonchev–Trinajstić information content (AvgIpc) is 2.16. The first-order chi connectivity index (χ1) is 6.43. The first-order valence-corrected chi connectivity index (χ1v) is 5.71. The van der Waals surface area contributed by atoms with Crippen molar-refractivity contribution in [3.8, 4) is 0 Å². The van der Waals surface area contributed by atoms with Crippen molar-refractivity contribution in [2.45, 2.75) is 51.4 Å². The van der Waals surface area contributed by atoms with Gasteiger partial charge in [0.1, 0.15) is 0 Å². The second-order valence-corrected chi connectivity index (χ2v) is 4.06. The van der Waals surface area contributed by atoms with Crippen LogP contribution >= 0.6 is 0 Å². The van der Waals surface area contributed by atoms with Crippen molar-refractivity contribution in [3.63, 3.8) is 0 Å². The first kappa shape index (κ1) is 10.6. The van der Waals surface area contributed by atoms with E-state index in [1.807, 2.05) is 0 Å². The number of allylic oxidation sites excluding steroid dienone is 3. The van der Waals surface area contributed by atoms with E-state index >= 15 is 0 Å². The predicted octanol–water partition coefficient (Wildman–Crippen LogP) is 4.48. The van der Waals surface area contributed by atoms with Gasteiger partial charge in [-0.2, -0.15) is 0 Å². The summed E-state index contributed by atoms with van der Waals surface area (Å²) in [6.07, 6.45) is 17.7. The molecule has 0 bridgehead atoms. The summed E-state index contributed by atoms with van der Waals surface area (Å²) < 4.78 is 0. The molecule has 1 rings (SSSR count). The van der Waals surface area contributed by atoms with Crippen molar-refractivity contribution in [1.29, 1.82) is 0 Å². The van der Waals surface area contributed by atoms with Crippen molar-refractivity contribution < 1.29 is 0 Å². The highest BCUT2D eigenvalue weighted by Gasteiger charge is 2.03. The predicted molar refractivity (Wildman–Crippen MR) is 59.8 cm³/mol. The van der Waals surface area contributed by atoms with E-state index in [0.29, 0.717) is 0 Å². The van der Waals surface area contributed by atoms with Gasteiger partial charge >= 0.3 is 0 Å². The molecule has 0 aromatic rings. The minimum atomic E-state index is 0.774. The molecule has 0 nitrogen and oxygen atoms in total. The summed E-state index contributed by atoms with van der Waals surface area (Å²) >= 11 is 0. The Labute approximate surface area is 82.7 Å². The zero-order valence-corrected chi connectivity index (χ0v) is 8.67. The molecule has 1 unspecified atom stereocenters. The molecule has 0 saturated carbocycles. The minimum absolute atomic E-state index is 0.774. The quantitative estimate of drug-likeness (QED) is 0.547. The third-order valence-corrected chi connectivity index (χ3v) is 2.82. The monoisotopic (exact) mass is 178 g/mol. The highest BCUT2D eigenvalue weighted by atomic mass is 14.1. The van der Waals surface area contributed by atoms with E-state index in [9.17, 15) is 0 Å². The van der Waals surface area contributed by atoms with Crippen LogP contribution in [0.5, 0.6) is 0 Å². The molecule has 1 aliphatic rings. The van der Waals surface area contributed by atoms with Crippen LogP contribution in [-0.4, -0.2) is 0 Å². The van der Waals surface area contributed by atoms with Gasteiger partial charge in [0.15, 0.2) is 0 Å². The standard InChI is InChI=1S/C13H22/c1-2-10-13-11-8-6-4-3-5-7-9-12-13/h2,8,11,13H,1,3-7,9-10,12H2/b11-8-. The molecule has 0 amide bonds. The highest BCUT2D eigenvalue weighted by molar-refractivity contribution is 4.91. The number of rotatable bonds is 2. The Morgan fingerprint density at radius 2 is 1.92 bits per heavy atom. The largest absolute Gasteiger partial charge is 0.103 e. The lowest BCUT2D eigenvalue weighted by molar-refractivity contribution is 0.515. The van der Waals surface area contributed by atoms with Crippen LogP contribution in [0.3, 0.4) is 0 Å². The zero-order valence-electron chi connectivity index (χ0n) is 8.67. The molecule has 0 spiro atoms. The molecule has 0 aliphatic heterocycles. The molecule has 0 fully saturated rings. The zero-order chi connectivity index (χ0) is 9.36. The second-order valence-electron chi connectivity index (χ2n) is 4.06. The van der Waals surface area contributed by atoms with E-state index in [1.165, 1.54) is 44.9 Å². The van der Waals surface area contributed by atoms with Gasteiger partial charge in [0.05, 0.1) is 0 Å². The molecular weight excluding hydrogens is 156 g/mol. The highest BCUT2D eigenvalue weighted by Crippen LogP contribution is 2.19. The normalized spacial score (nSPS) is 27.8. The van der Waals surface area contributed by atoms with Gasteiger partial charge in [-0.15, -0.1) is 6.58 Å². The van der Waals surface area contributed by atoms with E-state index in [2.05, 4.69) is 24.8 Å². The van der Waals surface area contributed by atoms with Crippen LogP contribution < -0.4 is 0 Å². The average molecular weight is 178 g/mol. The molecule has 1 aliphatic carbocycles. The molecule has 1 atom stereocenters. The van der Waals surface area contributed by atoms with Gasteiger partial charge in [0, 0.05) is 0 Å². The summed E-state index contributed by atoms with van der Waals surface area (Å²) in [7, 11) is 0. The van der Waals surface area contributed by atoms with Crippen LogP contribution in [0.15, 0.2) is 24.8 Å². The maximum absolute atomic E-state index is 3.82. The van der Waals surface area contributed by atoms with Gasteiger partial charge < -0.3 is 0 Å². The molecule has 0 heteroatoms. The molecular formula is C13H22. The third-order valence-electron chi connectivity index (χ3n) is 2.82. The molecule has 0 aromatic heterocycles. The third kappa shape index (κ3) is 4.92. The summed E-state index contributed by atoms with van der Waals surface area (Å²) in [5.74, 6) is 0.774. The first-order valence-electron chi connectivity index (χ1n) is 5.71. The fourth-order valence-corrected chi connectivity index (χ4v) is 1.99. The van der Waals surface area contributed by atoms with Gasteiger partial charge in [-0.05, 0) is 31.6 Å². The molecule has 13 heavy (non-hydrogen) atoms. The number of hydrogen-bond acceptors (Lipinski definition) is 0. The maximum atomic E-state index is 3.82. The smallest absolute Gasteiger partial charge is 0.0199 e. The van der Waals surface area contributed by atoms with Gasteiger partial charge in [-0.3, -0.25) is 0 Å². The maximum Gasteiger partial charge on any atom is -0.0199 e. The minimum Gasteiger partial charge on any atom is -0.103 e. The van der Waals surface area contributed by atoms with Crippen molar-refractivity contribution in [2.75, 3.05) is 0 Å². The Morgan fingerprint density at radius 1 is 1.15 bits per heavy atom. The Hall–Kier alpha value is -0.520. The van der Waals surface area contributed by atoms with Crippen LogP contribution in [-0.2, 0) is 0 Å². The van der Waals surface area contributed by atoms with Crippen LogP contribution in [0.25, 0.3) is 0 Å². The summed E-state index contributed by atoms with van der Waals surface area (Å²) in [5, 5.41) is 0. The van der Waals surface area contributed by atoms with Crippen LogP contribution in [0.2, 0.25) is 0 Å². The molecule has 0 N–H and O–H groups in total. The molecule has 0 radical (unpaired) electrons. The summed E-state index contributed by atoms with van der Waals surface area (Å²) in [6, 6.07) is 0. The molecule has 74 valence electrons. The summed E-state index contributed by atoms with van der Waals surface area (Å²) in [6.45, 7) is 3.82. The van der Waals surface area contributed by atoms with Gasteiger partial charge in [-0.25, -0.2) is 0 Å². The Balaban J connectivity index is 2.35. The van der Waals surface area contributed by atoms with E-state index in [0.717, 1.165) is 12.3 Å². The lowest BCUT2D eigenvalue weighted by atomic mass is 9.95. The van der Waals surface area contributed by atoms with Gasteiger partial charge in [0.25, 0.3) is 0 Å². The fraction of sp³-hybridized carbons (Fsp3) is 0.692. The van der Waals surface area contributed by atoms with Crippen LogP contribution in [0.1, 0.15) is 51.4 Å². The van der Waals surface area contributed by atoms with Gasteiger partial charge in [0.2, 0.25) is 0 Å². The van der Waals surface area contributed by atoms with Gasteiger partial charge in [-0.1, -0.05) is 43.9 Å². The fourth-order valence-electron chi connectivity index (χ4n) is 1.99. The Morgan fingerprint density at radius 3 is 2.77 bits per heavy atom.